The van der Waals surface area contributed by atoms with Crippen molar-refractivity contribution in [2.24, 2.45) is 5.73 Å². The van der Waals surface area contributed by atoms with Crippen molar-refractivity contribution < 1.29 is 19.4 Å². The Morgan fingerprint density at radius 3 is 2.15 bits per heavy atom. The fraction of sp³-hybridized carbons (Fsp3) is 0. The number of esters is 1. The van der Waals surface area contributed by atoms with Crippen molar-refractivity contribution in [3.63, 3.8) is 0 Å². The zero-order valence-corrected chi connectivity index (χ0v) is 6.97. The minimum Gasteiger partial charge on any atom is -0.465 e. The van der Waals surface area contributed by atoms with Crippen molar-refractivity contribution in [2.75, 3.05) is 0 Å². The van der Waals surface area contributed by atoms with Crippen LogP contribution >= 0.6 is 0 Å². The highest BCUT2D eigenvalue weighted by molar-refractivity contribution is 5.81. The molecular formula is C8H11NO4. The predicted octanol–water partition coefficient (Wildman–Crippen LogP) is 1.04. The maximum Gasteiger partial charge on any atom is 0.402 e. The Hall–Kier alpha value is -2.04. The van der Waals surface area contributed by atoms with Gasteiger partial charge >= 0.3 is 12.1 Å². The Labute approximate surface area is 75.8 Å². The molecule has 5 heteroatoms. The topological polar surface area (TPSA) is 89.6 Å². The second kappa shape index (κ2) is 9.96. The van der Waals surface area contributed by atoms with Crippen LogP contribution in [0.25, 0.3) is 0 Å². The van der Waals surface area contributed by atoms with Crippen LogP contribution in [-0.4, -0.2) is 17.2 Å². The van der Waals surface area contributed by atoms with E-state index in [4.69, 9.17) is 9.90 Å². The molecule has 0 saturated carbocycles. The molecular weight excluding hydrogens is 174 g/mol. The molecule has 13 heavy (non-hydrogen) atoms. The molecule has 0 aromatic carbocycles. The fourth-order valence-corrected chi connectivity index (χ4v) is 0.210. The summed E-state index contributed by atoms with van der Waals surface area (Å²) in [6.07, 6.45) is 4.03. The molecule has 72 valence electrons. The number of allylic oxidation sites excluding steroid dienone is 2. The van der Waals surface area contributed by atoms with Crippen molar-refractivity contribution >= 4 is 12.1 Å². The number of ether oxygens (including phenoxy) is 1. The number of primary amides is 1. The molecule has 0 aliphatic heterocycles. The Morgan fingerprint density at radius 2 is 1.85 bits per heavy atom. The third-order valence-corrected chi connectivity index (χ3v) is 0.566. The molecule has 0 unspecified atom stereocenters. The minimum atomic E-state index is -1.33. The molecule has 0 atom stereocenters. The third kappa shape index (κ3) is 25.7. The van der Waals surface area contributed by atoms with Crippen molar-refractivity contribution in [1.82, 2.24) is 0 Å². The molecule has 0 fully saturated rings. The number of nitrogens with two attached hydrogens (primary N) is 1. The van der Waals surface area contributed by atoms with Gasteiger partial charge in [0.1, 0.15) is 0 Å². The van der Waals surface area contributed by atoms with E-state index in [0.717, 1.165) is 6.08 Å². The molecule has 1 amide bonds. The van der Waals surface area contributed by atoms with Gasteiger partial charge in [0.05, 0.1) is 6.26 Å². The monoisotopic (exact) mass is 185 g/mol. The Balaban J connectivity index is 0. The maximum atomic E-state index is 10.3. The number of hydrogen-bond acceptors (Lipinski definition) is 3. The van der Waals surface area contributed by atoms with E-state index in [1.165, 1.54) is 18.4 Å². The fourth-order valence-electron chi connectivity index (χ4n) is 0.210. The van der Waals surface area contributed by atoms with Gasteiger partial charge in [0.2, 0.25) is 0 Å². The number of carbonyl (C=O) groups is 2. The lowest BCUT2D eigenvalue weighted by atomic mass is 10.6. The van der Waals surface area contributed by atoms with E-state index in [1.807, 2.05) is 0 Å². The van der Waals surface area contributed by atoms with E-state index in [9.17, 15) is 4.79 Å². The normalized spacial score (nSPS) is 8.00. The van der Waals surface area contributed by atoms with E-state index < -0.39 is 12.1 Å². The van der Waals surface area contributed by atoms with E-state index in [1.54, 1.807) is 0 Å². The lowest BCUT2D eigenvalue weighted by Gasteiger charge is -1.87. The standard InChI is InChI=1S/C7H8O2.CH3NO2/c1-3-5-6-9-7(8)4-2;2-1(3)4/h3-6H,1-2H2;2H2,(H,3,4). The first-order valence-corrected chi connectivity index (χ1v) is 3.13. The summed E-state index contributed by atoms with van der Waals surface area (Å²) < 4.78 is 4.42. The second-order valence-corrected chi connectivity index (χ2v) is 1.54. The van der Waals surface area contributed by atoms with E-state index in [2.05, 4.69) is 23.6 Å². The number of hydrogen-bond donors (Lipinski definition) is 2. The van der Waals surface area contributed by atoms with Gasteiger partial charge in [-0.05, 0) is 6.08 Å². The summed E-state index contributed by atoms with van der Waals surface area (Å²) in [5, 5.41) is 7.19. The van der Waals surface area contributed by atoms with E-state index >= 15 is 0 Å². The zero-order valence-electron chi connectivity index (χ0n) is 6.97. The molecule has 0 aliphatic carbocycles. The number of rotatable bonds is 3. The molecule has 0 aromatic heterocycles. The van der Waals surface area contributed by atoms with Crippen molar-refractivity contribution in [3.05, 3.63) is 37.6 Å². The first kappa shape index (κ1) is 13.5. The first-order valence-electron chi connectivity index (χ1n) is 3.13. The Kier molecular flexibility index (Phi) is 10.4. The molecule has 0 heterocycles. The number of carboxylic acid groups (broad SMARTS) is 1. The number of carbonyl (C=O) groups excluding carboxylic acids is 1. The largest absolute Gasteiger partial charge is 0.465 e. The molecule has 3 N–H and O–H groups in total. The molecule has 5 nitrogen and oxygen atoms in total. The van der Waals surface area contributed by atoms with Gasteiger partial charge < -0.3 is 15.6 Å². The summed E-state index contributed by atoms with van der Waals surface area (Å²) >= 11 is 0. The van der Waals surface area contributed by atoms with Crippen LogP contribution in [0.15, 0.2) is 37.6 Å². The quantitative estimate of drug-likeness (QED) is 0.297. The van der Waals surface area contributed by atoms with Gasteiger partial charge in [0.15, 0.2) is 0 Å². The summed E-state index contributed by atoms with van der Waals surface area (Å²) in [6, 6.07) is 0. The summed E-state index contributed by atoms with van der Waals surface area (Å²) in [7, 11) is 0. The summed E-state index contributed by atoms with van der Waals surface area (Å²) in [5.74, 6) is -0.465. The Bertz CT molecular complexity index is 216. The van der Waals surface area contributed by atoms with Gasteiger partial charge in [-0.2, -0.15) is 0 Å². The summed E-state index contributed by atoms with van der Waals surface area (Å²) in [5.41, 5.74) is 4.03. The number of amides is 1. The van der Waals surface area contributed by atoms with Crippen LogP contribution in [-0.2, 0) is 9.53 Å². The highest BCUT2D eigenvalue weighted by Crippen LogP contribution is 1.80. The van der Waals surface area contributed by atoms with E-state index in [-0.39, 0.29) is 0 Å². The van der Waals surface area contributed by atoms with Gasteiger partial charge in [0.25, 0.3) is 0 Å². The lowest BCUT2D eigenvalue weighted by molar-refractivity contribution is -0.132. The van der Waals surface area contributed by atoms with Crippen molar-refractivity contribution in [3.8, 4) is 0 Å². The molecule has 0 bridgehead atoms. The van der Waals surface area contributed by atoms with Gasteiger partial charge in [-0.3, -0.25) is 0 Å². The third-order valence-electron chi connectivity index (χ3n) is 0.566. The van der Waals surface area contributed by atoms with Gasteiger partial charge in [-0.1, -0.05) is 19.2 Å². The van der Waals surface area contributed by atoms with Crippen molar-refractivity contribution in [1.29, 1.82) is 0 Å². The molecule has 0 radical (unpaired) electrons. The van der Waals surface area contributed by atoms with Crippen LogP contribution in [0.4, 0.5) is 4.79 Å². The maximum absolute atomic E-state index is 10.3. The highest BCUT2D eigenvalue weighted by atomic mass is 16.5. The molecule has 0 rings (SSSR count). The van der Waals surface area contributed by atoms with Crippen LogP contribution in [0.1, 0.15) is 0 Å². The SMILES string of the molecule is C=CC=COC(=O)C=C.NC(=O)O. The molecule has 0 aromatic rings. The van der Waals surface area contributed by atoms with Crippen LogP contribution in [0.5, 0.6) is 0 Å². The molecule has 0 spiro atoms. The van der Waals surface area contributed by atoms with Crippen LogP contribution in [0, 0.1) is 0 Å². The minimum absolute atomic E-state index is 0.465. The van der Waals surface area contributed by atoms with Crippen molar-refractivity contribution in [2.45, 2.75) is 0 Å². The Morgan fingerprint density at radius 1 is 1.38 bits per heavy atom. The predicted molar refractivity (Wildman–Crippen MR) is 47.8 cm³/mol. The first-order chi connectivity index (χ1) is 6.04. The average molecular weight is 185 g/mol. The summed E-state index contributed by atoms with van der Waals surface area (Å²) in [4.78, 5) is 19.0. The van der Waals surface area contributed by atoms with Crippen LogP contribution < -0.4 is 5.73 Å². The lowest BCUT2D eigenvalue weighted by Crippen LogP contribution is -2.03. The van der Waals surface area contributed by atoms with Gasteiger partial charge in [0, 0.05) is 6.08 Å². The van der Waals surface area contributed by atoms with E-state index in [0.29, 0.717) is 0 Å². The smallest absolute Gasteiger partial charge is 0.402 e. The highest BCUT2D eigenvalue weighted by Gasteiger charge is 1.85. The van der Waals surface area contributed by atoms with Crippen LogP contribution in [0.2, 0.25) is 0 Å². The van der Waals surface area contributed by atoms with Gasteiger partial charge in [-0.15, -0.1) is 0 Å². The second-order valence-electron chi connectivity index (χ2n) is 1.54. The van der Waals surface area contributed by atoms with Crippen LogP contribution in [0.3, 0.4) is 0 Å². The zero-order chi connectivity index (χ0) is 10.7. The molecule has 0 aliphatic rings. The summed E-state index contributed by atoms with van der Waals surface area (Å²) in [6.45, 7) is 6.58. The van der Waals surface area contributed by atoms with Gasteiger partial charge in [-0.25, -0.2) is 9.59 Å². The average Bonchev–Trinajstić information content (AvgIpc) is 2.03. The molecule has 0 saturated heterocycles.